The Morgan fingerprint density at radius 1 is 1.35 bits per heavy atom. The molecule has 6 heteroatoms. The van der Waals surface area contributed by atoms with Crippen molar-refractivity contribution < 1.29 is 9.53 Å². The molecule has 0 bridgehead atoms. The molecule has 0 aliphatic heterocycles. The van der Waals surface area contributed by atoms with Gasteiger partial charge in [-0.3, -0.25) is 9.89 Å². The number of rotatable bonds is 6. The molecule has 0 saturated heterocycles. The first-order chi connectivity index (χ1) is 9.70. The van der Waals surface area contributed by atoms with E-state index in [0.29, 0.717) is 24.5 Å². The highest BCUT2D eigenvalue weighted by Gasteiger charge is 2.13. The Morgan fingerprint density at radius 3 is 2.70 bits per heavy atom. The van der Waals surface area contributed by atoms with Gasteiger partial charge in [-0.1, -0.05) is 6.92 Å². The van der Waals surface area contributed by atoms with Gasteiger partial charge in [0.15, 0.2) is 0 Å². The maximum atomic E-state index is 12.2. The second-order valence-corrected chi connectivity index (χ2v) is 4.47. The zero-order valence-electron chi connectivity index (χ0n) is 11.7. The van der Waals surface area contributed by atoms with Crippen molar-refractivity contribution in [1.82, 2.24) is 20.1 Å². The minimum atomic E-state index is -0.0663. The number of hydrogen-bond donors (Lipinski definition) is 1. The van der Waals surface area contributed by atoms with Crippen LogP contribution in [-0.2, 0) is 6.54 Å². The fourth-order valence-electron chi connectivity index (χ4n) is 1.74. The molecule has 1 N–H and O–H groups in total. The number of nitrogens with zero attached hydrogens (tertiary/aromatic N) is 3. The molecule has 2 aromatic rings. The van der Waals surface area contributed by atoms with Crippen LogP contribution in [0.25, 0.3) is 0 Å². The SMILES string of the molecule is CCCOc1ccc(C(=O)N(C)Cc2ncn[nH]2)cc1. The zero-order chi connectivity index (χ0) is 14.4. The largest absolute Gasteiger partial charge is 0.494 e. The van der Waals surface area contributed by atoms with Crippen molar-refractivity contribution in [3.8, 4) is 5.75 Å². The Morgan fingerprint density at radius 2 is 2.10 bits per heavy atom. The summed E-state index contributed by atoms with van der Waals surface area (Å²) in [6.45, 7) is 3.13. The van der Waals surface area contributed by atoms with Gasteiger partial charge in [-0.25, -0.2) is 4.98 Å². The monoisotopic (exact) mass is 274 g/mol. The number of aromatic nitrogens is 3. The smallest absolute Gasteiger partial charge is 0.254 e. The fraction of sp³-hybridized carbons (Fsp3) is 0.357. The topological polar surface area (TPSA) is 71.1 Å². The van der Waals surface area contributed by atoms with E-state index in [2.05, 4.69) is 22.1 Å². The molecular formula is C14H18N4O2. The molecule has 2 rings (SSSR count). The summed E-state index contributed by atoms with van der Waals surface area (Å²) in [5, 5.41) is 6.49. The first-order valence-electron chi connectivity index (χ1n) is 6.53. The van der Waals surface area contributed by atoms with E-state index in [4.69, 9.17) is 4.74 Å². The van der Waals surface area contributed by atoms with E-state index in [1.165, 1.54) is 6.33 Å². The molecule has 0 spiro atoms. The van der Waals surface area contributed by atoms with Crippen LogP contribution in [0.5, 0.6) is 5.75 Å². The van der Waals surface area contributed by atoms with Crippen molar-refractivity contribution in [2.45, 2.75) is 19.9 Å². The average molecular weight is 274 g/mol. The molecule has 1 heterocycles. The standard InChI is InChI=1S/C14H18N4O2/c1-3-8-20-12-6-4-11(5-7-12)14(19)18(2)9-13-15-10-16-17-13/h4-7,10H,3,8-9H2,1-2H3,(H,15,16,17). The molecule has 0 aliphatic rings. The minimum absolute atomic E-state index is 0.0663. The van der Waals surface area contributed by atoms with E-state index < -0.39 is 0 Å². The normalized spacial score (nSPS) is 10.3. The van der Waals surface area contributed by atoms with Crippen molar-refractivity contribution in [2.75, 3.05) is 13.7 Å². The van der Waals surface area contributed by atoms with Gasteiger partial charge in [0.2, 0.25) is 0 Å². The Labute approximate surface area is 117 Å². The maximum absolute atomic E-state index is 12.2. The summed E-state index contributed by atoms with van der Waals surface area (Å²) in [6, 6.07) is 7.16. The fourth-order valence-corrected chi connectivity index (χ4v) is 1.74. The van der Waals surface area contributed by atoms with E-state index in [-0.39, 0.29) is 5.91 Å². The molecule has 0 unspecified atom stereocenters. The van der Waals surface area contributed by atoms with Gasteiger partial charge < -0.3 is 9.64 Å². The van der Waals surface area contributed by atoms with Crippen molar-refractivity contribution >= 4 is 5.91 Å². The van der Waals surface area contributed by atoms with Crippen LogP contribution in [0.15, 0.2) is 30.6 Å². The minimum Gasteiger partial charge on any atom is -0.494 e. The third-order valence-corrected chi connectivity index (χ3v) is 2.77. The van der Waals surface area contributed by atoms with Crippen LogP contribution >= 0.6 is 0 Å². The van der Waals surface area contributed by atoms with Crippen molar-refractivity contribution in [3.63, 3.8) is 0 Å². The number of benzene rings is 1. The molecule has 20 heavy (non-hydrogen) atoms. The predicted molar refractivity (Wildman–Crippen MR) is 74.4 cm³/mol. The summed E-state index contributed by atoms with van der Waals surface area (Å²) in [5.41, 5.74) is 0.621. The van der Waals surface area contributed by atoms with E-state index in [0.717, 1.165) is 12.2 Å². The van der Waals surface area contributed by atoms with Crippen LogP contribution in [0, 0.1) is 0 Å². The summed E-state index contributed by atoms with van der Waals surface area (Å²) in [5.74, 6) is 1.37. The van der Waals surface area contributed by atoms with Gasteiger partial charge >= 0.3 is 0 Å². The number of amides is 1. The zero-order valence-corrected chi connectivity index (χ0v) is 11.7. The number of nitrogens with one attached hydrogen (secondary N) is 1. The van der Waals surface area contributed by atoms with Gasteiger partial charge in [-0.15, -0.1) is 0 Å². The number of H-pyrrole nitrogens is 1. The molecule has 0 saturated carbocycles. The lowest BCUT2D eigenvalue weighted by molar-refractivity contribution is 0.0781. The van der Waals surface area contributed by atoms with E-state index in [9.17, 15) is 4.79 Å². The number of carbonyl (C=O) groups excluding carboxylic acids is 1. The molecule has 1 amide bonds. The van der Waals surface area contributed by atoms with Gasteiger partial charge in [0.05, 0.1) is 13.2 Å². The Kier molecular flexibility index (Phi) is 4.70. The van der Waals surface area contributed by atoms with E-state index in [1.54, 1.807) is 24.1 Å². The first kappa shape index (κ1) is 14.0. The quantitative estimate of drug-likeness (QED) is 0.873. The number of hydrogen-bond acceptors (Lipinski definition) is 4. The first-order valence-corrected chi connectivity index (χ1v) is 6.53. The van der Waals surface area contributed by atoms with Gasteiger partial charge in [-0.2, -0.15) is 5.10 Å². The average Bonchev–Trinajstić information content (AvgIpc) is 2.97. The van der Waals surface area contributed by atoms with Crippen LogP contribution in [-0.4, -0.2) is 39.6 Å². The van der Waals surface area contributed by atoms with Crippen molar-refractivity contribution in [2.24, 2.45) is 0 Å². The second-order valence-electron chi connectivity index (χ2n) is 4.47. The molecule has 0 fully saturated rings. The van der Waals surface area contributed by atoms with Gasteiger partial charge in [0, 0.05) is 12.6 Å². The van der Waals surface area contributed by atoms with Gasteiger partial charge in [0.25, 0.3) is 5.91 Å². The van der Waals surface area contributed by atoms with Gasteiger partial charge in [0.1, 0.15) is 17.9 Å². The highest BCUT2D eigenvalue weighted by molar-refractivity contribution is 5.94. The molecule has 0 atom stereocenters. The second kappa shape index (κ2) is 6.70. The van der Waals surface area contributed by atoms with Crippen molar-refractivity contribution in [1.29, 1.82) is 0 Å². The number of carbonyl (C=O) groups is 1. The lowest BCUT2D eigenvalue weighted by Gasteiger charge is -2.15. The van der Waals surface area contributed by atoms with E-state index in [1.807, 2.05) is 12.1 Å². The number of ether oxygens (including phenoxy) is 1. The predicted octanol–water partition coefficient (Wildman–Crippen LogP) is 1.87. The van der Waals surface area contributed by atoms with Crippen LogP contribution in [0.2, 0.25) is 0 Å². The highest BCUT2D eigenvalue weighted by Crippen LogP contribution is 2.14. The molecule has 1 aromatic heterocycles. The Bertz CT molecular complexity index is 537. The van der Waals surface area contributed by atoms with Crippen LogP contribution in [0.1, 0.15) is 29.5 Å². The maximum Gasteiger partial charge on any atom is 0.254 e. The molecule has 0 aliphatic carbocycles. The van der Waals surface area contributed by atoms with E-state index >= 15 is 0 Å². The van der Waals surface area contributed by atoms with Crippen molar-refractivity contribution in [3.05, 3.63) is 42.0 Å². The summed E-state index contributed by atoms with van der Waals surface area (Å²) >= 11 is 0. The lowest BCUT2D eigenvalue weighted by atomic mass is 10.2. The molecule has 106 valence electrons. The summed E-state index contributed by atoms with van der Waals surface area (Å²) < 4.78 is 5.49. The highest BCUT2D eigenvalue weighted by atomic mass is 16.5. The summed E-state index contributed by atoms with van der Waals surface area (Å²) in [7, 11) is 1.73. The van der Waals surface area contributed by atoms with Gasteiger partial charge in [-0.05, 0) is 30.7 Å². The van der Waals surface area contributed by atoms with Crippen LogP contribution in [0.4, 0.5) is 0 Å². The van der Waals surface area contributed by atoms with Crippen LogP contribution in [0.3, 0.4) is 0 Å². The molecule has 6 nitrogen and oxygen atoms in total. The lowest BCUT2D eigenvalue weighted by Crippen LogP contribution is -2.26. The summed E-state index contributed by atoms with van der Waals surface area (Å²) in [4.78, 5) is 17.8. The van der Waals surface area contributed by atoms with Crippen LogP contribution < -0.4 is 4.74 Å². The number of aromatic amines is 1. The Balaban J connectivity index is 1.97. The molecule has 0 radical (unpaired) electrons. The third-order valence-electron chi connectivity index (χ3n) is 2.77. The molecular weight excluding hydrogens is 256 g/mol. The Hall–Kier alpha value is -2.37. The summed E-state index contributed by atoms with van der Waals surface area (Å²) in [6.07, 6.45) is 2.38. The third kappa shape index (κ3) is 3.57. The molecule has 1 aromatic carbocycles.